The summed E-state index contributed by atoms with van der Waals surface area (Å²) in [5.41, 5.74) is 0.862. The minimum atomic E-state index is -0.494. The van der Waals surface area contributed by atoms with E-state index in [1.165, 1.54) is 12.8 Å². The van der Waals surface area contributed by atoms with E-state index in [4.69, 9.17) is 9.47 Å². The van der Waals surface area contributed by atoms with Crippen LogP contribution < -0.4 is 9.47 Å². The van der Waals surface area contributed by atoms with Gasteiger partial charge in [0.15, 0.2) is 0 Å². The van der Waals surface area contributed by atoms with Gasteiger partial charge < -0.3 is 19.5 Å². The van der Waals surface area contributed by atoms with Gasteiger partial charge in [-0.05, 0) is 64.3 Å². The summed E-state index contributed by atoms with van der Waals surface area (Å²) < 4.78 is 11.2. The molecule has 1 aromatic carbocycles. The lowest BCUT2D eigenvalue weighted by Gasteiger charge is -2.30. The molecule has 1 N–H and O–H groups in total. The number of hydrogen-bond donors (Lipinski definition) is 1. The molecule has 130 valence electrons. The highest BCUT2D eigenvalue weighted by molar-refractivity contribution is 5.42. The van der Waals surface area contributed by atoms with E-state index in [0.717, 1.165) is 49.0 Å². The summed E-state index contributed by atoms with van der Waals surface area (Å²) >= 11 is 0. The lowest BCUT2D eigenvalue weighted by Crippen LogP contribution is -2.34. The Morgan fingerprint density at radius 2 is 1.87 bits per heavy atom. The van der Waals surface area contributed by atoms with E-state index in [-0.39, 0.29) is 0 Å². The number of hydrogen-bond acceptors (Lipinski definition) is 4. The Bertz CT molecular complexity index is 470. The molecule has 1 aliphatic heterocycles. The number of likely N-dealkylation sites (tertiary alicyclic amines) is 1. The van der Waals surface area contributed by atoms with E-state index in [1.807, 2.05) is 32.0 Å². The summed E-state index contributed by atoms with van der Waals surface area (Å²) in [5, 5.41) is 10.6. The maximum atomic E-state index is 10.6. The maximum Gasteiger partial charge on any atom is 0.128 e. The first kappa shape index (κ1) is 18.1. The SMILES string of the molecule is CCOc1ccc(C(O)CCN2CCC(C)CC2)c(OCC)c1. The first-order valence-corrected chi connectivity index (χ1v) is 8.94. The zero-order chi connectivity index (χ0) is 16.7. The molecule has 23 heavy (non-hydrogen) atoms. The summed E-state index contributed by atoms with van der Waals surface area (Å²) in [6.45, 7) is 10.7. The van der Waals surface area contributed by atoms with Crippen molar-refractivity contribution in [3.8, 4) is 11.5 Å². The van der Waals surface area contributed by atoms with Gasteiger partial charge in [-0.25, -0.2) is 0 Å². The van der Waals surface area contributed by atoms with Crippen LogP contribution in [0.2, 0.25) is 0 Å². The Hall–Kier alpha value is -1.26. The van der Waals surface area contributed by atoms with Crippen LogP contribution in [0.1, 0.15) is 51.7 Å². The van der Waals surface area contributed by atoms with Crippen molar-refractivity contribution >= 4 is 0 Å². The van der Waals surface area contributed by atoms with E-state index in [9.17, 15) is 5.11 Å². The van der Waals surface area contributed by atoms with E-state index in [0.29, 0.717) is 13.2 Å². The molecule has 4 heteroatoms. The lowest BCUT2D eigenvalue weighted by atomic mass is 9.98. The average Bonchev–Trinajstić information content (AvgIpc) is 2.55. The molecule has 2 rings (SSSR count). The van der Waals surface area contributed by atoms with Crippen LogP contribution in [0.3, 0.4) is 0 Å². The Kier molecular flexibility index (Phi) is 7.18. The van der Waals surface area contributed by atoms with E-state index >= 15 is 0 Å². The van der Waals surface area contributed by atoms with Gasteiger partial charge in [0.2, 0.25) is 0 Å². The molecule has 0 aromatic heterocycles. The van der Waals surface area contributed by atoms with Gasteiger partial charge in [-0.15, -0.1) is 0 Å². The molecule has 1 saturated heterocycles. The van der Waals surface area contributed by atoms with Crippen molar-refractivity contribution in [3.63, 3.8) is 0 Å². The van der Waals surface area contributed by atoms with Crippen LogP contribution in [0.25, 0.3) is 0 Å². The first-order chi connectivity index (χ1) is 11.1. The van der Waals surface area contributed by atoms with Crippen molar-refractivity contribution in [3.05, 3.63) is 23.8 Å². The minimum Gasteiger partial charge on any atom is -0.494 e. The molecule has 1 fully saturated rings. The largest absolute Gasteiger partial charge is 0.494 e. The van der Waals surface area contributed by atoms with Crippen LogP contribution in [0.4, 0.5) is 0 Å². The molecule has 4 nitrogen and oxygen atoms in total. The Morgan fingerprint density at radius 3 is 2.52 bits per heavy atom. The number of ether oxygens (including phenoxy) is 2. The van der Waals surface area contributed by atoms with Crippen LogP contribution >= 0.6 is 0 Å². The van der Waals surface area contributed by atoms with Gasteiger partial charge in [0.25, 0.3) is 0 Å². The van der Waals surface area contributed by atoms with Gasteiger partial charge >= 0.3 is 0 Å². The fraction of sp³-hybridized carbons (Fsp3) is 0.684. The van der Waals surface area contributed by atoms with Gasteiger partial charge in [0.05, 0.1) is 19.3 Å². The second-order valence-corrected chi connectivity index (χ2v) is 6.39. The number of nitrogens with zero attached hydrogens (tertiary/aromatic N) is 1. The third-order valence-electron chi connectivity index (χ3n) is 4.55. The van der Waals surface area contributed by atoms with Crippen molar-refractivity contribution in [1.82, 2.24) is 4.90 Å². The number of aliphatic hydroxyl groups is 1. The molecular weight excluding hydrogens is 290 g/mol. The van der Waals surface area contributed by atoms with Gasteiger partial charge in [-0.2, -0.15) is 0 Å². The monoisotopic (exact) mass is 321 g/mol. The average molecular weight is 321 g/mol. The first-order valence-electron chi connectivity index (χ1n) is 8.94. The van der Waals surface area contributed by atoms with E-state index < -0.39 is 6.10 Å². The molecule has 1 heterocycles. The van der Waals surface area contributed by atoms with Crippen molar-refractivity contribution in [2.45, 2.75) is 46.1 Å². The molecule has 1 unspecified atom stereocenters. The summed E-state index contributed by atoms with van der Waals surface area (Å²) in [6.07, 6.45) is 2.78. The third-order valence-corrected chi connectivity index (χ3v) is 4.55. The summed E-state index contributed by atoms with van der Waals surface area (Å²) in [7, 11) is 0. The van der Waals surface area contributed by atoms with Gasteiger partial charge in [-0.1, -0.05) is 6.92 Å². The van der Waals surface area contributed by atoms with E-state index in [2.05, 4.69) is 11.8 Å². The number of piperidine rings is 1. The second kappa shape index (κ2) is 9.14. The topological polar surface area (TPSA) is 41.9 Å². The molecular formula is C19H31NO3. The van der Waals surface area contributed by atoms with Gasteiger partial charge in [-0.3, -0.25) is 0 Å². The second-order valence-electron chi connectivity index (χ2n) is 6.39. The van der Waals surface area contributed by atoms with Crippen molar-refractivity contribution in [1.29, 1.82) is 0 Å². The highest BCUT2D eigenvalue weighted by atomic mass is 16.5. The quantitative estimate of drug-likeness (QED) is 0.794. The lowest BCUT2D eigenvalue weighted by molar-refractivity contribution is 0.122. The molecule has 0 saturated carbocycles. The predicted molar refractivity (Wildman–Crippen MR) is 93.2 cm³/mol. The standard InChI is InChI=1S/C19H31NO3/c1-4-22-16-6-7-17(19(14-16)23-5-2)18(21)10-13-20-11-8-15(3)9-12-20/h6-7,14-15,18,21H,4-5,8-13H2,1-3H3. The number of rotatable bonds is 8. The molecule has 0 aliphatic carbocycles. The highest BCUT2D eigenvalue weighted by Gasteiger charge is 2.19. The van der Waals surface area contributed by atoms with Gasteiger partial charge in [0.1, 0.15) is 11.5 Å². The minimum absolute atomic E-state index is 0.494. The Morgan fingerprint density at radius 1 is 1.17 bits per heavy atom. The summed E-state index contributed by atoms with van der Waals surface area (Å²) in [6, 6.07) is 5.72. The van der Waals surface area contributed by atoms with E-state index in [1.54, 1.807) is 0 Å². The molecule has 1 aliphatic rings. The zero-order valence-corrected chi connectivity index (χ0v) is 14.8. The maximum absolute atomic E-state index is 10.6. The van der Waals surface area contributed by atoms with Crippen LogP contribution in [-0.4, -0.2) is 42.9 Å². The van der Waals surface area contributed by atoms with Crippen molar-refractivity contribution in [2.75, 3.05) is 32.8 Å². The zero-order valence-electron chi connectivity index (χ0n) is 14.8. The number of benzene rings is 1. The summed E-state index contributed by atoms with van der Waals surface area (Å²) in [4.78, 5) is 2.46. The van der Waals surface area contributed by atoms with Crippen molar-refractivity contribution < 1.29 is 14.6 Å². The van der Waals surface area contributed by atoms with Gasteiger partial charge in [0, 0.05) is 18.2 Å². The molecule has 1 aromatic rings. The van der Waals surface area contributed by atoms with Crippen LogP contribution in [0.5, 0.6) is 11.5 Å². The van der Waals surface area contributed by atoms with Crippen molar-refractivity contribution in [2.24, 2.45) is 5.92 Å². The normalized spacial score (nSPS) is 17.9. The molecule has 0 amide bonds. The molecule has 0 spiro atoms. The highest BCUT2D eigenvalue weighted by Crippen LogP contribution is 2.31. The predicted octanol–water partition coefficient (Wildman–Crippen LogP) is 3.64. The van der Waals surface area contributed by atoms with Crippen LogP contribution in [0, 0.1) is 5.92 Å². The third kappa shape index (κ3) is 5.40. The Balaban J connectivity index is 1.95. The fourth-order valence-electron chi connectivity index (χ4n) is 3.07. The van der Waals surface area contributed by atoms with Crippen LogP contribution in [-0.2, 0) is 0 Å². The smallest absolute Gasteiger partial charge is 0.128 e. The number of aliphatic hydroxyl groups excluding tert-OH is 1. The summed E-state index contributed by atoms with van der Waals surface area (Å²) in [5.74, 6) is 2.36. The van der Waals surface area contributed by atoms with Crippen LogP contribution in [0.15, 0.2) is 18.2 Å². The molecule has 0 bridgehead atoms. The molecule has 1 atom stereocenters. The Labute approximate surface area is 140 Å². The molecule has 0 radical (unpaired) electrons. The fourth-order valence-corrected chi connectivity index (χ4v) is 3.07.